The molecule has 2 aromatic heterocycles. The molecule has 1 aliphatic rings. The van der Waals surface area contributed by atoms with Gasteiger partial charge >= 0.3 is 0 Å². The van der Waals surface area contributed by atoms with Crippen molar-refractivity contribution >= 4 is 28.6 Å². The Morgan fingerprint density at radius 3 is 2.90 bits per heavy atom. The molecule has 8 heteroatoms. The van der Waals surface area contributed by atoms with Crippen molar-refractivity contribution in [3.63, 3.8) is 0 Å². The Labute approximate surface area is 126 Å². The number of aliphatic hydroxyl groups is 2. The van der Waals surface area contributed by atoms with E-state index in [0.717, 1.165) is 17.1 Å². The van der Waals surface area contributed by atoms with Gasteiger partial charge in [0.25, 0.3) is 0 Å². The molecular weight excluding hydrogens is 290 g/mol. The topological polar surface area (TPSA) is 120 Å². The number of aromatic amines is 1. The Kier molecular flexibility index (Phi) is 4.03. The van der Waals surface area contributed by atoms with Crippen LogP contribution in [0, 0.1) is 0 Å². The molecule has 1 fully saturated rings. The molecule has 0 aliphatic carbocycles. The van der Waals surface area contributed by atoms with E-state index in [4.69, 9.17) is 5.73 Å². The van der Waals surface area contributed by atoms with E-state index in [-0.39, 0.29) is 12.1 Å². The largest absolute Gasteiger partial charge is 0.389 e. The Morgan fingerprint density at radius 1 is 1.33 bits per heavy atom. The lowest BCUT2D eigenvalue weighted by Gasteiger charge is -2.14. The van der Waals surface area contributed by atoms with Crippen LogP contribution in [0.15, 0.2) is 12.5 Å². The van der Waals surface area contributed by atoms with Crippen molar-refractivity contribution in [3.8, 4) is 0 Å². The normalized spacial score (nSPS) is 29.3. The molecule has 1 aliphatic heterocycles. The molecule has 0 bridgehead atoms. The molecule has 0 unspecified atom stereocenters. The molecule has 4 atom stereocenters. The van der Waals surface area contributed by atoms with Crippen LogP contribution in [0.5, 0.6) is 0 Å². The smallest absolute Gasteiger partial charge is 0.151 e. The molecule has 0 radical (unpaired) electrons. The highest BCUT2D eigenvalue weighted by atomic mass is 32.2. The van der Waals surface area contributed by atoms with Crippen molar-refractivity contribution in [2.45, 2.75) is 31.2 Å². The Balaban J connectivity index is 1.90. The molecule has 3 rings (SSSR count). The first kappa shape index (κ1) is 14.6. The van der Waals surface area contributed by atoms with Crippen molar-refractivity contribution < 1.29 is 10.2 Å². The van der Waals surface area contributed by atoms with Gasteiger partial charge in [0.15, 0.2) is 5.82 Å². The number of thioether (sulfide) groups is 1. The Hall–Kier alpha value is -1.35. The maximum absolute atomic E-state index is 10.3. The number of nitrogens with two attached hydrogens (primary N) is 1. The van der Waals surface area contributed by atoms with E-state index in [1.54, 1.807) is 18.0 Å². The standard InChI is InChI=1S/C13H19N5O2S/c1-2-21-4-7-11(19)12(20)9(18-7)6-3-15-10-8(6)16-5-17-13(10)14/h3,5,7,9,11-12,15,18-20H,2,4H2,1H3,(H2,14,16,17)/t7-,9+,11-,12+/m1/s1. The molecule has 0 amide bonds. The lowest BCUT2D eigenvalue weighted by molar-refractivity contribution is 0.0308. The number of aromatic nitrogens is 3. The first-order valence-corrected chi connectivity index (χ1v) is 8.06. The monoisotopic (exact) mass is 309 g/mol. The van der Waals surface area contributed by atoms with Gasteiger partial charge in [0, 0.05) is 23.6 Å². The molecule has 2 aromatic rings. The number of aliphatic hydroxyl groups excluding tert-OH is 2. The second-order valence-electron chi connectivity index (χ2n) is 5.12. The number of anilines is 1. The van der Waals surface area contributed by atoms with Crippen LogP contribution >= 0.6 is 11.8 Å². The zero-order valence-electron chi connectivity index (χ0n) is 11.7. The van der Waals surface area contributed by atoms with Crippen molar-refractivity contribution in [1.29, 1.82) is 0 Å². The fraction of sp³-hybridized carbons (Fsp3) is 0.538. The van der Waals surface area contributed by atoms with Crippen molar-refractivity contribution in [2.24, 2.45) is 0 Å². The average Bonchev–Trinajstić information content (AvgIpc) is 3.02. The molecule has 0 aromatic carbocycles. The highest BCUT2D eigenvalue weighted by Gasteiger charge is 2.42. The lowest BCUT2D eigenvalue weighted by atomic mass is 10.0. The third-order valence-electron chi connectivity index (χ3n) is 3.86. The van der Waals surface area contributed by atoms with Gasteiger partial charge in [0.1, 0.15) is 17.9 Å². The van der Waals surface area contributed by atoms with Crippen LogP contribution < -0.4 is 11.1 Å². The van der Waals surface area contributed by atoms with E-state index in [0.29, 0.717) is 16.9 Å². The number of fused-ring (bicyclic) bond motifs is 1. The third-order valence-corrected chi connectivity index (χ3v) is 4.86. The maximum atomic E-state index is 10.3. The minimum Gasteiger partial charge on any atom is -0.389 e. The molecule has 6 N–H and O–H groups in total. The summed E-state index contributed by atoms with van der Waals surface area (Å²) in [7, 11) is 0. The number of hydrogen-bond acceptors (Lipinski definition) is 7. The summed E-state index contributed by atoms with van der Waals surface area (Å²) in [5.41, 5.74) is 7.94. The summed E-state index contributed by atoms with van der Waals surface area (Å²) in [6.45, 7) is 2.07. The Morgan fingerprint density at radius 2 is 2.14 bits per heavy atom. The lowest BCUT2D eigenvalue weighted by Crippen LogP contribution is -2.35. The first-order chi connectivity index (χ1) is 10.1. The van der Waals surface area contributed by atoms with Gasteiger partial charge in [0.2, 0.25) is 0 Å². The summed E-state index contributed by atoms with van der Waals surface area (Å²) < 4.78 is 0. The molecule has 114 valence electrons. The van der Waals surface area contributed by atoms with Crippen LogP contribution in [0.2, 0.25) is 0 Å². The summed E-state index contributed by atoms with van der Waals surface area (Å²) >= 11 is 1.73. The van der Waals surface area contributed by atoms with Gasteiger partial charge in [-0.2, -0.15) is 11.8 Å². The summed E-state index contributed by atoms with van der Waals surface area (Å²) in [5.74, 6) is 2.10. The predicted molar refractivity (Wildman–Crippen MR) is 83.0 cm³/mol. The SMILES string of the molecule is CCSC[C@H]1N[C@@H](c2c[nH]c3c(N)ncnc23)[C@H](O)[C@@H]1O. The van der Waals surface area contributed by atoms with Crippen LogP contribution in [-0.4, -0.2) is 54.9 Å². The number of H-pyrrole nitrogens is 1. The van der Waals surface area contributed by atoms with Gasteiger partial charge in [-0.3, -0.25) is 0 Å². The van der Waals surface area contributed by atoms with Crippen LogP contribution in [-0.2, 0) is 0 Å². The van der Waals surface area contributed by atoms with Crippen LogP contribution in [0.3, 0.4) is 0 Å². The van der Waals surface area contributed by atoms with E-state index in [1.165, 1.54) is 6.33 Å². The first-order valence-electron chi connectivity index (χ1n) is 6.90. The van der Waals surface area contributed by atoms with E-state index in [9.17, 15) is 10.2 Å². The number of nitrogens with zero attached hydrogens (tertiary/aromatic N) is 2. The second-order valence-corrected chi connectivity index (χ2v) is 6.44. The van der Waals surface area contributed by atoms with Crippen molar-refractivity contribution in [1.82, 2.24) is 20.3 Å². The van der Waals surface area contributed by atoms with E-state index in [1.807, 2.05) is 0 Å². The van der Waals surface area contributed by atoms with Gasteiger partial charge in [-0.1, -0.05) is 6.92 Å². The molecule has 21 heavy (non-hydrogen) atoms. The van der Waals surface area contributed by atoms with Crippen molar-refractivity contribution in [3.05, 3.63) is 18.1 Å². The van der Waals surface area contributed by atoms with E-state index < -0.39 is 12.2 Å². The van der Waals surface area contributed by atoms with Gasteiger partial charge in [0.05, 0.1) is 17.7 Å². The van der Waals surface area contributed by atoms with Gasteiger partial charge in [-0.25, -0.2) is 9.97 Å². The number of rotatable bonds is 4. The third kappa shape index (κ3) is 2.48. The van der Waals surface area contributed by atoms with Gasteiger partial charge < -0.3 is 26.2 Å². The molecule has 7 nitrogen and oxygen atoms in total. The van der Waals surface area contributed by atoms with Gasteiger partial charge in [-0.15, -0.1) is 0 Å². The minimum absolute atomic E-state index is 0.140. The van der Waals surface area contributed by atoms with E-state index in [2.05, 4.69) is 27.2 Å². The summed E-state index contributed by atoms with van der Waals surface area (Å²) in [6.07, 6.45) is 1.50. The van der Waals surface area contributed by atoms with Gasteiger partial charge in [-0.05, 0) is 5.75 Å². The fourth-order valence-corrected chi connectivity index (χ4v) is 3.53. The zero-order valence-corrected chi connectivity index (χ0v) is 12.5. The highest BCUT2D eigenvalue weighted by Crippen LogP contribution is 2.33. The molecule has 0 spiro atoms. The quantitative estimate of drug-likeness (QED) is 0.540. The van der Waals surface area contributed by atoms with E-state index >= 15 is 0 Å². The predicted octanol–water partition coefficient (Wildman–Crippen LogP) is 0.0279. The molecule has 3 heterocycles. The van der Waals surface area contributed by atoms with Crippen molar-refractivity contribution in [2.75, 3.05) is 17.2 Å². The summed E-state index contributed by atoms with van der Waals surface area (Å²) in [5, 5.41) is 23.8. The van der Waals surface area contributed by atoms with Crippen LogP contribution in [0.1, 0.15) is 18.5 Å². The van der Waals surface area contributed by atoms with Crippen LogP contribution in [0.25, 0.3) is 11.0 Å². The minimum atomic E-state index is -0.873. The Bertz CT molecular complexity index is 634. The fourth-order valence-electron chi connectivity index (χ4n) is 2.74. The number of hydrogen-bond donors (Lipinski definition) is 5. The summed E-state index contributed by atoms with van der Waals surface area (Å²) in [6, 6.07) is -0.510. The number of nitrogens with one attached hydrogen (secondary N) is 2. The molecule has 0 saturated carbocycles. The average molecular weight is 309 g/mol. The number of nitrogen functional groups attached to an aromatic ring is 1. The van der Waals surface area contributed by atoms with Crippen LogP contribution in [0.4, 0.5) is 5.82 Å². The molecule has 1 saturated heterocycles. The highest BCUT2D eigenvalue weighted by molar-refractivity contribution is 7.99. The summed E-state index contributed by atoms with van der Waals surface area (Å²) in [4.78, 5) is 11.2. The molecular formula is C13H19N5O2S. The zero-order chi connectivity index (χ0) is 15.0. The maximum Gasteiger partial charge on any atom is 0.151 e. The second kappa shape index (κ2) is 5.80.